The fraction of sp³-hybridized carbons (Fsp3) is 0.579. The molecule has 1 heterocycles. The molecule has 0 unspecified atom stereocenters. The molecule has 1 fully saturated rings. The third-order valence-electron chi connectivity index (χ3n) is 5.01. The van der Waals surface area contributed by atoms with Gasteiger partial charge in [-0.15, -0.1) is 0 Å². The Labute approximate surface area is 138 Å². The topological polar surface area (TPSA) is 49.4 Å². The summed E-state index contributed by atoms with van der Waals surface area (Å²) in [5.41, 5.74) is 2.41. The summed E-state index contributed by atoms with van der Waals surface area (Å²) in [5, 5.41) is 3.00. The lowest BCUT2D eigenvalue weighted by Crippen LogP contribution is -2.33. The van der Waals surface area contributed by atoms with Gasteiger partial charge < -0.3 is 5.32 Å². The van der Waals surface area contributed by atoms with E-state index in [9.17, 15) is 9.59 Å². The Bertz CT molecular complexity index is 589. The lowest BCUT2D eigenvalue weighted by molar-refractivity contribution is -0.117. The number of anilines is 1. The second kappa shape index (κ2) is 7.26. The molecule has 1 aromatic rings. The number of amides is 1. The van der Waals surface area contributed by atoms with E-state index in [0.29, 0.717) is 30.1 Å². The van der Waals surface area contributed by atoms with Crippen molar-refractivity contribution < 1.29 is 9.59 Å². The molecule has 0 bridgehead atoms. The molecule has 0 spiro atoms. The van der Waals surface area contributed by atoms with Gasteiger partial charge in [0.2, 0.25) is 5.91 Å². The number of benzene rings is 1. The van der Waals surface area contributed by atoms with Crippen LogP contribution in [0.1, 0.15) is 60.9 Å². The predicted molar refractivity (Wildman–Crippen MR) is 91.5 cm³/mol. The van der Waals surface area contributed by atoms with Crippen molar-refractivity contribution in [3.05, 3.63) is 29.3 Å². The standard InChI is InChI=1S/C19H26N2O2/c1-21-12-15-9-6-10-16(19(15)17(22)13-21)20-18(23)11-14-7-4-2-3-5-8-14/h6,9-10,14H,2-5,7-8,11-13H2,1H3,(H,20,23). The predicted octanol–water partition coefficient (Wildman–Crippen LogP) is 3.61. The monoisotopic (exact) mass is 314 g/mol. The molecule has 0 atom stereocenters. The van der Waals surface area contributed by atoms with E-state index in [-0.39, 0.29) is 11.7 Å². The first-order chi connectivity index (χ1) is 11.1. The van der Waals surface area contributed by atoms with E-state index in [1.54, 1.807) is 0 Å². The van der Waals surface area contributed by atoms with Crippen LogP contribution in [0.3, 0.4) is 0 Å². The average molecular weight is 314 g/mol. The Morgan fingerprint density at radius 2 is 1.91 bits per heavy atom. The largest absolute Gasteiger partial charge is 0.325 e. The molecule has 3 rings (SSSR count). The smallest absolute Gasteiger partial charge is 0.224 e. The summed E-state index contributed by atoms with van der Waals surface area (Å²) in [6, 6.07) is 5.75. The van der Waals surface area contributed by atoms with Crippen molar-refractivity contribution >= 4 is 17.4 Å². The Morgan fingerprint density at radius 3 is 2.65 bits per heavy atom. The number of likely N-dealkylation sites (N-methyl/N-ethyl adjacent to an activating group) is 1. The van der Waals surface area contributed by atoms with Gasteiger partial charge in [-0.3, -0.25) is 14.5 Å². The molecule has 0 aromatic heterocycles. The number of hydrogen-bond acceptors (Lipinski definition) is 3. The van der Waals surface area contributed by atoms with Crippen LogP contribution >= 0.6 is 0 Å². The van der Waals surface area contributed by atoms with E-state index in [4.69, 9.17) is 0 Å². The summed E-state index contributed by atoms with van der Waals surface area (Å²) in [7, 11) is 1.94. The highest BCUT2D eigenvalue weighted by Gasteiger charge is 2.24. The van der Waals surface area contributed by atoms with E-state index in [1.165, 1.54) is 25.7 Å². The zero-order valence-electron chi connectivity index (χ0n) is 13.9. The lowest BCUT2D eigenvalue weighted by atomic mass is 9.95. The Balaban J connectivity index is 1.69. The summed E-state index contributed by atoms with van der Waals surface area (Å²) < 4.78 is 0. The van der Waals surface area contributed by atoms with Gasteiger partial charge in [-0.05, 0) is 37.4 Å². The maximum atomic E-state index is 12.4. The molecule has 1 aromatic carbocycles. The summed E-state index contributed by atoms with van der Waals surface area (Å²) in [4.78, 5) is 26.8. The number of rotatable bonds is 3. The second-order valence-electron chi connectivity index (χ2n) is 7.05. The van der Waals surface area contributed by atoms with E-state index >= 15 is 0 Å². The Morgan fingerprint density at radius 1 is 1.17 bits per heavy atom. The van der Waals surface area contributed by atoms with Crippen LogP contribution in [-0.2, 0) is 11.3 Å². The first-order valence-corrected chi connectivity index (χ1v) is 8.77. The van der Waals surface area contributed by atoms with Crippen LogP contribution in [0.15, 0.2) is 18.2 Å². The number of carbonyl (C=O) groups excluding carboxylic acids is 2. The normalized spacial score (nSPS) is 20.0. The van der Waals surface area contributed by atoms with Crippen LogP contribution in [-0.4, -0.2) is 30.2 Å². The molecule has 23 heavy (non-hydrogen) atoms. The first kappa shape index (κ1) is 16.2. The minimum atomic E-state index is 0.0528. The van der Waals surface area contributed by atoms with Crippen molar-refractivity contribution in [1.29, 1.82) is 0 Å². The molecule has 1 aliphatic carbocycles. The van der Waals surface area contributed by atoms with Gasteiger partial charge in [0.1, 0.15) is 0 Å². The van der Waals surface area contributed by atoms with Gasteiger partial charge in [0, 0.05) is 18.5 Å². The number of ketones is 1. The van der Waals surface area contributed by atoms with Gasteiger partial charge in [0.15, 0.2) is 5.78 Å². The fourth-order valence-electron chi connectivity index (χ4n) is 3.87. The second-order valence-corrected chi connectivity index (χ2v) is 7.05. The van der Waals surface area contributed by atoms with Crippen LogP contribution < -0.4 is 5.32 Å². The van der Waals surface area contributed by atoms with Gasteiger partial charge in [0.25, 0.3) is 0 Å². The SMILES string of the molecule is CN1CC(=O)c2c(cccc2NC(=O)CC2CCCCCC2)C1. The highest BCUT2D eigenvalue weighted by Crippen LogP contribution is 2.28. The van der Waals surface area contributed by atoms with Gasteiger partial charge >= 0.3 is 0 Å². The van der Waals surface area contributed by atoms with Crippen LogP contribution in [0.4, 0.5) is 5.69 Å². The number of hydrogen-bond donors (Lipinski definition) is 1. The number of nitrogens with one attached hydrogen (secondary N) is 1. The minimum Gasteiger partial charge on any atom is -0.325 e. The average Bonchev–Trinajstić information content (AvgIpc) is 2.75. The quantitative estimate of drug-likeness (QED) is 0.867. The van der Waals surface area contributed by atoms with E-state index in [1.807, 2.05) is 30.1 Å². The lowest BCUT2D eigenvalue weighted by Gasteiger charge is -2.25. The van der Waals surface area contributed by atoms with Crippen molar-refractivity contribution in [2.75, 3.05) is 18.9 Å². The summed E-state index contributed by atoms with van der Waals surface area (Å²) >= 11 is 0. The first-order valence-electron chi connectivity index (χ1n) is 8.77. The molecular formula is C19H26N2O2. The van der Waals surface area contributed by atoms with E-state index in [2.05, 4.69) is 5.32 Å². The van der Waals surface area contributed by atoms with Gasteiger partial charge in [0.05, 0.1) is 12.2 Å². The molecular weight excluding hydrogens is 288 g/mol. The van der Waals surface area contributed by atoms with Crippen molar-refractivity contribution in [3.8, 4) is 0 Å². The molecule has 4 heteroatoms. The number of Topliss-reactive ketones (excluding diaryl/α,β-unsaturated/α-hetero) is 1. The molecule has 124 valence electrons. The molecule has 1 amide bonds. The van der Waals surface area contributed by atoms with Crippen LogP contribution in [0.5, 0.6) is 0 Å². The third kappa shape index (κ3) is 3.99. The molecule has 1 N–H and O–H groups in total. The van der Waals surface area contributed by atoms with Crippen LogP contribution in [0, 0.1) is 5.92 Å². The zero-order chi connectivity index (χ0) is 16.2. The number of fused-ring (bicyclic) bond motifs is 1. The minimum absolute atomic E-state index is 0.0528. The highest BCUT2D eigenvalue weighted by atomic mass is 16.1. The van der Waals surface area contributed by atoms with Gasteiger partial charge in [-0.1, -0.05) is 37.8 Å². The van der Waals surface area contributed by atoms with Crippen molar-refractivity contribution in [1.82, 2.24) is 4.90 Å². The summed E-state index contributed by atoms with van der Waals surface area (Å²) in [6.07, 6.45) is 7.97. The van der Waals surface area contributed by atoms with Gasteiger partial charge in [-0.25, -0.2) is 0 Å². The van der Waals surface area contributed by atoms with Crippen LogP contribution in [0.25, 0.3) is 0 Å². The maximum Gasteiger partial charge on any atom is 0.224 e. The molecule has 1 saturated carbocycles. The highest BCUT2D eigenvalue weighted by molar-refractivity contribution is 6.07. The van der Waals surface area contributed by atoms with E-state index in [0.717, 1.165) is 24.9 Å². The summed E-state index contributed by atoms with van der Waals surface area (Å²) in [5.74, 6) is 0.648. The number of carbonyl (C=O) groups is 2. The van der Waals surface area contributed by atoms with Crippen molar-refractivity contribution in [2.45, 2.75) is 51.5 Å². The molecule has 4 nitrogen and oxygen atoms in total. The zero-order valence-corrected chi connectivity index (χ0v) is 13.9. The van der Waals surface area contributed by atoms with Gasteiger partial charge in [-0.2, -0.15) is 0 Å². The van der Waals surface area contributed by atoms with Crippen molar-refractivity contribution in [2.24, 2.45) is 5.92 Å². The molecule has 0 radical (unpaired) electrons. The molecule has 2 aliphatic rings. The van der Waals surface area contributed by atoms with Crippen molar-refractivity contribution in [3.63, 3.8) is 0 Å². The number of nitrogens with zero attached hydrogens (tertiary/aromatic N) is 1. The molecule has 1 aliphatic heterocycles. The molecule has 0 saturated heterocycles. The van der Waals surface area contributed by atoms with E-state index < -0.39 is 0 Å². The summed E-state index contributed by atoms with van der Waals surface area (Å²) in [6.45, 7) is 1.18. The Kier molecular flexibility index (Phi) is 5.11. The Hall–Kier alpha value is -1.68. The fourth-order valence-corrected chi connectivity index (χ4v) is 3.87. The third-order valence-corrected chi connectivity index (χ3v) is 5.01. The maximum absolute atomic E-state index is 12.4. The van der Waals surface area contributed by atoms with Crippen LogP contribution in [0.2, 0.25) is 0 Å².